The number of likely N-dealkylation sites (tertiary alicyclic amines) is 1. The van der Waals surface area contributed by atoms with Crippen LogP contribution in [0.4, 0.5) is 5.69 Å². The summed E-state index contributed by atoms with van der Waals surface area (Å²) in [7, 11) is 1.66. The molecule has 2 aliphatic heterocycles. The molecule has 0 bridgehead atoms. The molecule has 0 unspecified atom stereocenters. The highest BCUT2D eigenvalue weighted by molar-refractivity contribution is 5.99. The Morgan fingerprint density at radius 3 is 2.36 bits per heavy atom. The van der Waals surface area contributed by atoms with Gasteiger partial charge in [0, 0.05) is 57.2 Å². The van der Waals surface area contributed by atoms with E-state index in [1.54, 1.807) is 19.4 Å². The van der Waals surface area contributed by atoms with Crippen molar-refractivity contribution in [1.82, 2.24) is 14.8 Å². The van der Waals surface area contributed by atoms with Crippen molar-refractivity contribution in [3.63, 3.8) is 0 Å². The maximum absolute atomic E-state index is 12.8. The van der Waals surface area contributed by atoms with Gasteiger partial charge in [0.25, 0.3) is 11.8 Å². The van der Waals surface area contributed by atoms with Crippen molar-refractivity contribution in [3.05, 3.63) is 47.8 Å². The van der Waals surface area contributed by atoms with Crippen LogP contribution in [0, 0.1) is 0 Å². The molecular formula is C21H26N4O3. The van der Waals surface area contributed by atoms with Crippen LogP contribution >= 0.6 is 0 Å². The number of piperazine rings is 1. The fraction of sp³-hybridized carbons (Fsp3) is 0.429. The highest BCUT2D eigenvalue weighted by Gasteiger charge is 2.25. The number of amides is 2. The van der Waals surface area contributed by atoms with Gasteiger partial charge in [-0.2, -0.15) is 0 Å². The van der Waals surface area contributed by atoms with Gasteiger partial charge in [0.1, 0.15) is 11.4 Å². The van der Waals surface area contributed by atoms with Gasteiger partial charge in [-0.3, -0.25) is 9.59 Å². The fourth-order valence-corrected chi connectivity index (χ4v) is 3.89. The van der Waals surface area contributed by atoms with Crippen molar-refractivity contribution >= 4 is 17.5 Å². The molecule has 0 atom stereocenters. The predicted octanol–water partition coefficient (Wildman–Crippen LogP) is 2.22. The zero-order valence-corrected chi connectivity index (χ0v) is 16.2. The van der Waals surface area contributed by atoms with Crippen LogP contribution in [0.5, 0.6) is 5.75 Å². The summed E-state index contributed by atoms with van der Waals surface area (Å²) in [4.78, 5) is 34.2. The number of benzene rings is 1. The van der Waals surface area contributed by atoms with E-state index in [1.807, 2.05) is 28.0 Å². The Bertz CT molecular complexity index is 849. The van der Waals surface area contributed by atoms with Crippen LogP contribution in [0.25, 0.3) is 0 Å². The molecule has 4 rings (SSSR count). The number of nitrogens with one attached hydrogen (secondary N) is 1. The van der Waals surface area contributed by atoms with Crippen molar-refractivity contribution in [3.8, 4) is 5.75 Å². The second kappa shape index (κ2) is 7.96. The number of carbonyl (C=O) groups is 2. The average molecular weight is 382 g/mol. The molecular weight excluding hydrogens is 356 g/mol. The summed E-state index contributed by atoms with van der Waals surface area (Å²) in [5, 5.41) is 0. The largest absolute Gasteiger partial charge is 0.497 e. The average Bonchev–Trinajstić information content (AvgIpc) is 3.45. The van der Waals surface area contributed by atoms with Crippen molar-refractivity contribution < 1.29 is 14.3 Å². The van der Waals surface area contributed by atoms with Gasteiger partial charge in [0.05, 0.1) is 12.7 Å². The van der Waals surface area contributed by atoms with E-state index in [9.17, 15) is 9.59 Å². The van der Waals surface area contributed by atoms with Crippen LogP contribution in [0.1, 0.15) is 33.7 Å². The van der Waals surface area contributed by atoms with Gasteiger partial charge in [0.15, 0.2) is 0 Å². The Morgan fingerprint density at radius 1 is 0.929 bits per heavy atom. The highest BCUT2D eigenvalue weighted by atomic mass is 16.5. The van der Waals surface area contributed by atoms with Gasteiger partial charge >= 0.3 is 0 Å². The van der Waals surface area contributed by atoms with Crippen LogP contribution in [0.3, 0.4) is 0 Å². The third-order valence-corrected chi connectivity index (χ3v) is 5.54. The summed E-state index contributed by atoms with van der Waals surface area (Å²) in [6, 6.07) is 9.67. The maximum atomic E-state index is 12.8. The van der Waals surface area contributed by atoms with Crippen molar-refractivity contribution in [2.45, 2.75) is 12.8 Å². The summed E-state index contributed by atoms with van der Waals surface area (Å²) in [6.45, 7) is 4.43. The first kappa shape index (κ1) is 18.4. The number of H-pyrrole nitrogens is 1. The molecule has 2 aromatic rings. The first-order valence-corrected chi connectivity index (χ1v) is 9.81. The van der Waals surface area contributed by atoms with E-state index in [2.05, 4.69) is 16.0 Å². The van der Waals surface area contributed by atoms with Crippen LogP contribution in [-0.4, -0.2) is 73.0 Å². The number of aromatic amines is 1. The Labute approximate surface area is 164 Å². The van der Waals surface area contributed by atoms with E-state index in [1.165, 1.54) is 0 Å². The highest BCUT2D eigenvalue weighted by Crippen LogP contribution is 2.22. The summed E-state index contributed by atoms with van der Waals surface area (Å²) >= 11 is 0. The first-order chi connectivity index (χ1) is 13.7. The minimum Gasteiger partial charge on any atom is -0.497 e. The number of nitrogens with zero attached hydrogens (tertiary/aromatic N) is 3. The van der Waals surface area contributed by atoms with Crippen LogP contribution in [0.15, 0.2) is 36.5 Å². The van der Waals surface area contributed by atoms with Gasteiger partial charge in [-0.25, -0.2) is 0 Å². The lowest BCUT2D eigenvalue weighted by molar-refractivity contribution is 0.0747. The molecule has 7 heteroatoms. The quantitative estimate of drug-likeness (QED) is 0.880. The molecule has 0 aliphatic carbocycles. The zero-order chi connectivity index (χ0) is 19.5. The maximum Gasteiger partial charge on any atom is 0.270 e. The molecule has 1 N–H and O–H groups in total. The monoisotopic (exact) mass is 382 g/mol. The van der Waals surface area contributed by atoms with Gasteiger partial charge in [-0.15, -0.1) is 0 Å². The number of methoxy groups -OCH3 is 1. The predicted molar refractivity (Wildman–Crippen MR) is 107 cm³/mol. The fourth-order valence-electron chi connectivity index (χ4n) is 3.89. The molecule has 2 saturated heterocycles. The minimum atomic E-state index is -0.0259. The number of aromatic nitrogens is 1. The van der Waals surface area contributed by atoms with Gasteiger partial charge in [-0.1, -0.05) is 6.07 Å². The number of carbonyl (C=O) groups excluding carboxylic acids is 2. The lowest BCUT2D eigenvalue weighted by Gasteiger charge is -2.36. The minimum absolute atomic E-state index is 0.0144. The summed E-state index contributed by atoms with van der Waals surface area (Å²) in [6.07, 6.45) is 3.76. The Hall–Kier alpha value is -2.96. The first-order valence-electron chi connectivity index (χ1n) is 9.81. The second-order valence-electron chi connectivity index (χ2n) is 7.28. The molecule has 0 spiro atoms. The second-order valence-corrected chi connectivity index (χ2v) is 7.28. The van der Waals surface area contributed by atoms with Crippen molar-refractivity contribution in [2.75, 3.05) is 51.3 Å². The standard InChI is InChI=1S/C21H26N4O3/c1-28-18-6-4-5-17(14-18)23-9-11-25(12-10-23)20(26)16-13-19(22-15-16)21(27)24-7-2-3-8-24/h4-6,13-15,22H,2-3,7-12H2,1H3. The van der Waals surface area contributed by atoms with Crippen molar-refractivity contribution in [2.24, 2.45) is 0 Å². The van der Waals surface area contributed by atoms with E-state index in [-0.39, 0.29) is 11.8 Å². The molecule has 2 amide bonds. The molecule has 3 heterocycles. The third-order valence-electron chi connectivity index (χ3n) is 5.54. The number of ether oxygens (including phenoxy) is 1. The Balaban J connectivity index is 1.37. The normalized spacial score (nSPS) is 17.1. The molecule has 28 heavy (non-hydrogen) atoms. The SMILES string of the molecule is COc1cccc(N2CCN(C(=O)c3c[nH]c(C(=O)N4CCCC4)c3)CC2)c1. The van der Waals surface area contributed by atoms with Crippen LogP contribution in [0.2, 0.25) is 0 Å². The third kappa shape index (κ3) is 3.69. The van der Waals surface area contributed by atoms with Gasteiger partial charge in [0.2, 0.25) is 0 Å². The van der Waals surface area contributed by atoms with Gasteiger partial charge < -0.3 is 24.4 Å². The number of hydrogen-bond donors (Lipinski definition) is 1. The molecule has 7 nitrogen and oxygen atoms in total. The molecule has 148 valence electrons. The number of rotatable bonds is 4. The van der Waals surface area contributed by atoms with Crippen LogP contribution < -0.4 is 9.64 Å². The molecule has 1 aromatic carbocycles. The smallest absolute Gasteiger partial charge is 0.270 e. The molecule has 1 aromatic heterocycles. The van der Waals surface area contributed by atoms with E-state index in [0.29, 0.717) is 24.3 Å². The lowest BCUT2D eigenvalue weighted by atomic mass is 10.2. The summed E-state index contributed by atoms with van der Waals surface area (Å²) < 4.78 is 5.30. The number of hydrogen-bond acceptors (Lipinski definition) is 4. The van der Waals surface area contributed by atoms with Crippen molar-refractivity contribution in [1.29, 1.82) is 0 Å². The number of anilines is 1. The van der Waals surface area contributed by atoms with E-state index in [4.69, 9.17) is 4.74 Å². The summed E-state index contributed by atoms with van der Waals surface area (Å²) in [5.74, 6) is 0.792. The zero-order valence-electron chi connectivity index (χ0n) is 16.2. The van der Waals surface area contributed by atoms with E-state index >= 15 is 0 Å². The Kier molecular flexibility index (Phi) is 5.23. The lowest BCUT2D eigenvalue weighted by Crippen LogP contribution is -2.48. The van der Waals surface area contributed by atoms with E-state index < -0.39 is 0 Å². The molecule has 2 fully saturated rings. The molecule has 0 radical (unpaired) electrons. The summed E-state index contributed by atoms with van der Waals surface area (Å²) in [5.41, 5.74) is 2.16. The molecule has 0 saturated carbocycles. The van der Waals surface area contributed by atoms with E-state index in [0.717, 1.165) is 50.5 Å². The van der Waals surface area contributed by atoms with Gasteiger partial charge in [-0.05, 0) is 31.0 Å². The Morgan fingerprint density at radius 2 is 1.64 bits per heavy atom. The molecule has 2 aliphatic rings. The van der Waals surface area contributed by atoms with Crippen LogP contribution in [-0.2, 0) is 0 Å². The topological polar surface area (TPSA) is 68.9 Å².